The van der Waals surface area contributed by atoms with Gasteiger partial charge in [-0.05, 0) is 12.1 Å². The van der Waals surface area contributed by atoms with Crippen LogP contribution in [0.5, 0.6) is 23.0 Å². The zero-order valence-electron chi connectivity index (χ0n) is 23.1. The predicted molar refractivity (Wildman–Crippen MR) is 140 cm³/mol. The quantitative estimate of drug-likeness (QED) is 0.183. The van der Waals surface area contributed by atoms with Gasteiger partial charge in [0.05, 0.1) is 28.4 Å². The van der Waals surface area contributed by atoms with Gasteiger partial charge < -0.3 is 23.8 Å². The number of hydrogen-bond donors (Lipinski definition) is 0. The van der Waals surface area contributed by atoms with E-state index in [0.717, 1.165) is 14.1 Å². The number of rotatable bonds is 11. The van der Waals surface area contributed by atoms with Crippen molar-refractivity contribution in [3.63, 3.8) is 0 Å². The van der Waals surface area contributed by atoms with Gasteiger partial charge in [-0.2, -0.15) is 4.31 Å². The van der Waals surface area contributed by atoms with Crippen LogP contribution in [0.2, 0.25) is 0 Å². The summed E-state index contributed by atoms with van der Waals surface area (Å²) in [6, 6.07) is 8.89. The third kappa shape index (κ3) is 6.17. The topological polar surface area (TPSA) is 94.6 Å². The maximum Gasteiger partial charge on any atom is 0.257 e. The SMILES string of the molecule is COc1ccc(CN(Cc2ccc(OC)cc2OC)S(=O)(=O)c2c(F)c(F)c(F)c(F)c2C(=O)N(C)C)c(OC)c1. The number of ether oxygens (including phenoxy) is 4. The second-order valence-corrected chi connectivity index (χ2v) is 10.7. The molecule has 0 aliphatic carbocycles. The third-order valence-electron chi connectivity index (χ3n) is 6.12. The van der Waals surface area contributed by atoms with Crippen LogP contribution >= 0.6 is 0 Å². The lowest BCUT2D eigenvalue weighted by atomic mass is 10.1. The average Bonchev–Trinajstić information content (AvgIpc) is 2.96. The normalized spacial score (nSPS) is 11.4. The number of sulfonamides is 1. The van der Waals surface area contributed by atoms with Crippen molar-refractivity contribution in [3.05, 3.63) is 76.4 Å². The van der Waals surface area contributed by atoms with Crippen LogP contribution in [0, 0.1) is 23.3 Å². The van der Waals surface area contributed by atoms with Crippen LogP contribution in [-0.2, 0) is 23.1 Å². The molecule has 3 aromatic rings. The molecule has 0 atom stereocenters. The van der Waals surface area contributed by atoms with Crippen LogP contribution in [0.1, 0.15) is 21.5 Å². The molecular formula is C27H28F4N2O7S. The maximum absolute atomic E-state index is 15.3. The summed E-state index contributed by atoms with van der Waals surface area (Å²) in [6.07, 6.45) is 0. The van der Waals surface area contributed by atoms with Crippen molar-refractivity contribution >= 4 is 15.9 Å². The molecule has 0 radical (unpaired) electrons. The molecule has 0 N–H and O–H groups in total. The molecule has 0 spiro atoms. The Balaban J connectivity index is 2.32. The van der Waals surface area contributed by atoms with Gasteiger partial charge in [0.15, 0.2) is 23.3 Å². The van der Waals surface area contributed by atoms with Gasteiger partial charge >= 0.3 is 0 Å². The molecule has 3 aromatic carbocycles. The lowest BCUT2D eigenvalue weighted by molar-refractivity contribution is 0.0815. The maximum atomic E-state index is 15.3. The van der Waals surface area contributed by atoms with Gasteiger partial charge in [-0.25, -0.2) is 26.0 Å². The fourth-order valence-corrected chi connectivity index (χ4v) is 5.60. The fourth-order valence-electron chi connectivity index (χ4n) is 3.97. The number of hydrogen-bond acceptors (Lipinski definition) is 7. The first-order chi connectivity index (χ1) is 19.3. The van der Waals surface area contributed by atoms with Crippen LogP contribution in [0.4, 0.5) is 17.6 Å². The number of carbonyl (C=O) groups is 1. The molecule has 0 saturated carbocycles. The summed E-state index contributed by atoms with van der Waals surface area (Å²) in [5.41, 5.74) is -0.999. The van der Waals surface area contributed by atoms with Gasteiger partial charge in [0.1, 0.15) is 33.5 Å². The molecule has 0 aliphatic heterocycles. The number of amides is 1. The summed E-state index contributed by atoms with van der Waals surface area (Å²) in [7, 11) is 2.39. The van der Waals surface area contributed by atoms with Crippen molar-refractivity contribution in [1.29, 1.82) is 0 Å². The highest BCUT2D eigenvalue weighted by Crippen LogP contribution is 2.35. The molecule has 14 heteroatoms. The van der Waals surface area contributed by atoms with Crippen LogP contribution in [0.25, 0.3) is 0 Å². The molecule has 9 nitrogen and oxygen atoms in total. The number of benzene rings is 3. The van der Waals surface area contributed by atoms with E-state index in [2.05, 4.69) is 0 Å². The molecule has 0 unspecified atom stereocenters. The molecule has 41 heavy (non-hydrogen) atoms. The second kappa shape index (κ2) is 12.6. The van der Waals surface area contributed by atoms with Crippen molar-refractivity contribution < 1.29 is 49.7 Å². The standard InChI is InChI=1S/C27H28F4N2O7S/c1-32(2)27(34)21-22(28)23(29)24(30)25(31)26(21)41(35,36)33(13-15-7-9-17(37-3)11-19(15)39-5)14-16-8-10-18(38-4)12-20(16)40-6/h7-12H,13-14H2,1-6H3. The molecule has 222 valence electrons. The van der Waals surface area contributed by atoms with E-state index in [1.165, 1.54) is 64.8 Å². The minimum absolute atomic E-state index is 0.174. The molecule has 0 bridgehead atoms. The van der Waals surface area contributed by atoms with Gasteiger partial charge in [-0.3, -0.25) is 4.79 Å². The van der Waals surface area contributed by atoms with E-state index in [9.17, 15) is 26.4 Å². The minimum atomic E-state index is -5.29. The summed E-state index contributed by atoms with van der Waals surface area (Å²) < 4.78 is 109. The highest BCUT2D eigenvalue weighted by atomic mass is 32.2. The van der Waals surface area contributed by atoms with Gasteiger partial charge in [0, 0.05) is 50.4 Å². The van der Waals surface area contributed by atoms with Crippen LogP contribution in [0.3, 0.4) is 0 Å². The molecule has 0 fully saturated rings. The monoisotopic (exact) mass is 600 g/mol. The first-order valence-corrected chi connectivity index (χ1v) is 13.3. The van der Waals surface area contributed by atoms with E-state index in [1.807, 2.05) is 0 Å². The van der Waals surface area contributed by atoms with E-state index >= 15 is 4.39 Å². The van der Waals surface area contributed by atoms with E-state index in [4.69, 9.17) is 18.9 Å². The Bertz CT molecular complexity index is 1510. The molecule has 0 heterocycles. The molecule has 0 saturated heterocycles. The molecular weight excluding hydrogens is 572 g/mol. The van der Waals surface area contributed by atoms with Gasteiger partial charge in [0.2, 0.25) is 10.0 Å². The van der Waals surface area contributed by atoms with E-state index in [0.29, 0.717) is 20.7 Å². The van der Waals surface area contributed by atoms with Crippen LogP contribution in [-0.4, -0.2) is 66.1 Å². The van der Waals surface area contributed by atoms with Crippen molar-refractivity contribution in [3.8, 4) is 23.0 Å². The van der Waals surface area contributed by atoms with E-state index < -0.39 is 62.7 Å². The number of carbonyl (C=O) groups excluding carboxylic acids is 1. The van der Waals surface area contributed by atoms with Gasteiger partial charge in [-0.1, -0.05) is 12.1 Å². The second-order valence-electron chi connectivity index (χ2n) is 8.79. The molecule has 1 amide bonds. The van der Waals surface area contributed by atoms with Crippen LogP contribution < -0.4 is 18.9 Å². The van der Waals surface area contributed by atoms with Crippen LogP contribution in [0.15, 0.2) is 41.3 Å². The first-order valence-electron chi connectivity index (χ1n) is 11.8. The average molecular weight is 601 g/mol. The van der Waals surface area contributed by atoms with E-state index in [-0.39, 0.29) is 22.6 Å². The van der Waals surface area contributed by atoms with Gasteiger partial charge in [-0.15, -0.1) is 0 Å². The van der Waals surface area contributed by atoms with Crippen molar-refractivity contribution in [2.45, 2.75) is 18.0 Å². The van der Waals surface area contributed by atoms with Crippen molar-refractivity contribution in [2.24, 2.45) is 0 Å². The summed E-state index contributed by atoms with van der Waals surface area (Å²) in [5.74, 6) is -9.41. The highest BCUT2D eigenvalue weighted by molar-refractivity contribution is 7.89. The Morgan fingerprint density at radius 1 is 0.707 bits per heavy atom. The summed E-state index contributed by atoms with van der Waals surface area (Å²) in [4.78, 5) is 11.9. The fraction of sp³-hybridized carbons (Fsp3) is 0.296. The summed E-state index contributed by atoms with van der Waals surface area (Å²) in [6.45, 7) is -1.08. The first kappa shape index (κ1) is 31.5. The summed E-state index contributed by atoms with van der Waals surface area (Å²) >= 11 is 0. The largest absolute Gasteiger partial charge is 0.497 e. The summed E-state index contributed by atoms with van der Waals surface area (Å²) in [5, 5.41) is 0. The molecule has 0 aliphatic rings. The Morgan fingerprint density at radius 2 is 1.15 bits per heavy atom. The Morgan fingerprint density at radius 3 is 1.54 bits per heavy atom. The Kier molecular flexibility index (Phi) is 9.71. The lowest BCUT2D eigenvalue weighted by Gasteiger charge is -2.26. The predicted octanol–water partition coefficient (Wildman–Crippen LogP) is 4.37. The van der Waals surface area contributed by atoms with Gasteiger partial charge in [0.25, 0.3) is 5.91 Å². The van der Waals surface area contributed by atoms with Crippen molar-refractivity contribution in [2.75, 3.05) is 42.5 Å². The third-order valence-corrected chi connectivity index (χ3v) is 7.96. The highest BCUT2D eigenvalue weighted by Gasteiger charge is 2.40. The molecule has 3 rings (SSSR count). The lowest BCUT2D eigenvalue weighted by Crippen LogP contribution is -2.35. The molecule has 0 aromatic heterocycles. The zero-order chi connectivity index (χ0) is 30.6. The Labute approximate surface area is 234 Å². The Hall–Kier alpha value is -4.04. The minimum Gasteiger partial charge on any atom is -0.497 e. The zero-order valence-corrected chi connectivity index (χ0v) is 23.9. The number of halogens is 4. The number of nitrogens with zero attached hydrogens (tertiary/aromatic N) is 2. The smallest absolute Gasteiger partial charge is 0.257 e. The van der Waals surface area contributed by atoms with Crippen molar-refractivity contribution in [1.82, 2.24) is 9.21 Å². The van der Waals surface area contributed by atoms with E-state index in [1.54, 1.807) is 0 Å². The number of methoxy groups -OCH3 is 4.